The number of esters is 1. The fourth-order valence-corrected chi connectivity index (χ4v) is 2.71. The number of halogens is 1. The van der Waals surface area contributed by atoms with E-state index in [1.165, 1.54) is 0 Å². The zero-order chi connectivity index (χ0) is 16.3. The summed E-state index contributed by atoms with van der Waals surface area (Å²) in [5, 5.41) is 0. The van der Waals surface area contributed by atoms with Crippen LogP contribution in [0, 0.1) is 13.8 Å². The molecule has 1 aromatic heterocycles. The number of carbonyl (C=O) groups excluding carboxylic acids is 2. The van der Waals surface area contributed by atoms with Crippen LogP contribution < -0.4 is 0 Å². The number of hydrogen-bond donors (Lipinski definition) is 0. The normalized spacial score (nSPS) is 10.5. The summed E-state index contributed by atoms with van der Waals surface area (Å²) in [6.07, 6.45) is 0. The van der Waals surface area contributed by atoms with E-state index in [-0.39, 0.29) is 12.4 Å². The number of ether oxygens (including phenoxy) is 1. The van der Waals surface area contributed by atoms with Crippen LogP contribution in [-0.4, -0.2) is 22.9 Å². The van der Waals surface area contributed by atoms with Crippen LogP contribution in [0.5, 0.6) is 0 Å². The Balaban J connectivity index is 2.04. The molecule has 0 radical (unpaired) electrons. The second-order valence-electron chi connectivity index (χ2n) is 5.04. The molecule has 0 fully saturated rings. The van der Waals surface area contributed by atoms with E-state index in [0.29, 0.717) is 11.1 Å². The number of rotatable bonds is 5. The smallest absolute Gasteiger partial charge is 0.338 e. The predicted molar refractivity (Wildman–Crippen MR) is 88.3 cm³/mol. The summed E-state index contributed by atoms with van der Waals surface area (Å²) in [5.74, 6) is -0.677. The lowest BCUT2D eigenvalue weighted by Crippen LogP contribution is -2.15. The molecule has 4 nitrogen and oxygen atoms in total. The monoisotopic (exact) mass is 363 g/mol. The highest BCUT2D eigenvalue weighted by Gasteiger charge is 2.17. The summed E-state index contributed by atoms with van der Waals surface area (Å²) >= 11 is 3.30. The van der Waals surface area contributed by atoms with E-state index < -0.39 is 5.97 Å². The van der Waals surface area contributed by atoms with Crippen molar-refractivity contribution in [3.63, 3.8) is 0 Å². The molecule has 0 spiro atoms. The minimum absolute atomic E-state index is 0.182. The maximum Gasteiger partial charge on any atom is 0.338 e. The number of Topliss-reactive ketones (excluding diaryl/α,β-unsaturated/α-hetero) is 1. The Bertz CT molecular complexity index is 701. The van der Waals surface area contributed by atoms with E-state index in [1.54, 1.807) is 24.3 Å². The molecule has 22 heavy (non-hydrogen) atoms. The van der Waals surface area contributed by atoms with Crippen molar-refractivity contribution in [3.8, 4) is 0 Å². The summed E-state index contributed by atoms with van der Waals surface area (Å²) in [6.45, 7) is 6.45. The fraction of sp³-hybridized carbons (Fsp3) is 0.294. The maximum atomic E-state index is 12.2. The molecule has 0 atom stereocenters. The largest absolute Gasteiger partial charge is 0.454 e. The molecule has 0 saturated carbocycles. The first-order chi connectivity index (χ1) is 10.4. The molecule has 1 heterocycles. The first-order valence-electron chi connectivity index (χ1n) is 7.06. The molecule has 0 N–H and O–H groups in total. The van der Waals surface area contributed by atoms with Crippen molar-refractivity contribution in [1.29, 1.82) is 0 Å². The van der Waals surface area contributed by atoms with Gasteiger partial charge < -0.3 is 9.30 Å². The lowest BCUT2D eigenvalue weighted by molar-refractivity contribution is 0.0474. The Labute approximate surface area is 138 Å². The molecular formula is C17H18BrNO3. The van der Waals surface area contributed by atoms with Gasteiger partial charge in [-0.2, -0.15) is 0 Å². The maximum absolute atomic E-state index is 12.2. The van der Waals surface area contributed by atoms with Gasteiger partial charge in [-0.1, -0.05) is 15.9 Å². The molecule has 1 aromatic carbocycles. The zero-order valence-electron chi connectivity index (χ0n) is 12.9. The van der Waals surface area contributed by atoms with Crippen LogP contribution >= 0.6 is 15.9 Å². The van der Waals surface area contributed by atoms with Gasteiger partial charge in [-0.3, -0.25) is 4.79 Å². The van der Waals surface area contributed by atoms with Crippen LogP contribution in [-0.2, 0) is 11.3 Å². The molecule has 116 valence electrons. The van der Waals surface area contributed by atoms with Crippen molar-refractivity contribution in [2.24, 2.45) is 0 Å². The predicted octanol–water partition coefficient (Wildman–Crippen LogP) is 3.93. The van der Waals surface area contributed by atoms with Crippen molar-refractivity contribution in [2.75, 3.05) is 6.61 Å². The van der Waals surface area contributed by atoms with Crippen LogP contribution in [0.25, 0.3) is 0 Å². The van der Waals surface area contributed by atoms with Crippen LogP contribution in [0.1, 0.15) is 39.0 Å². The van der Waals surface area contributed by atoms with Gasteiger partial charge in [0.15, 0.2) is 6.61 Å². The quantitative estimate of drug-likeness (QED) is 0.597. The van der Waals surface area contributed by atoms with Crippen LogP contribution in [0.2, 0.25) is 0 Å². The molecule has 0 saturated heterocycles. The van der Waals surface area contributed by atoms with Gasteiger partial charge in [0, 0.05) is 28.0 Å². The fourth-order valence-electron chi connectivity index (χ4n) is 2.45. The van der Waals surface area contributed by atoms with E-state index in [0.717, 1.165) is 22.4 Å². The molecule has 0 unspecified atom stereocenters. The number of nitrogens with zero attached hydrogens (tertiary/aromatic N) is 1. The molecule has 0 bridgehead atoms. The zero-order valence-corrected chi connectivity index (χ0v) is 14.4. The third-order valence-corrected chi connectivity index (χ3v) is 4.13. The van der Waals surface area contributed by atoms with E-state index >= 15 is 0 Å². The third-order valence-electron chi connectivity index (χ3n) is 3.60. The number of aromatic nitrogens is 1. The van der Waals surface area contributed by atoms with E-state index in [1.807, 2.05) is 26.8 Å². The van der Waals surface area contributed by atoms with Gasteiger partial charge in [-0.25, -0.2) is 4.79 Å². The van der Waals surface area contributed by atoms with E-state index in [9.17, 15) is 9.59 Å². The SMILES string of the molecule is CCn1c(C)cc(C(=O)COC(=O)c2ccc(Br)cc2)c1C. The van der Waals surface area contributed by atoms with Crippen LogP contribution in [0.15, 0.2) is 34.8 Å². The second kappa shape index (κ2) is 6.92. The Morgan fingerprint density at radius 1 is 1.18 bits per heavy atom. The van der Waals surface area contributed by atoms with Crippen LogP contribution in [0.4, 0.5) is 0 Å². The molecule has 0 amide bonds. The second-order valence-corrected chi connectivity index (χ2v) is 5.95. The summed E-state index contributed by atoms with van der Waals surface area (Å²) in [6, 6.07) is 8.66. The van der Waals surface area contributed by atoms with Crippen molar-refractivity contribution < 1.29 is 14.3 Å². The summed E-state index contributed by atoms with van der Waals surface area (Å²) in [5.41, 5.74) is 2.98. The van der Waals surface area contributed by atoms with Gasteiger partial charge in [-0.15, -0.1) is 0 Å². The molecule has 2 aromatic rings. The average molecular weight is 364 g/mol. The number of aryl methyl sites for hydroxylation is 1. The van der Waals surface area contributed by atoms with Gasteiger partial charge in [-0.05, 0) is 51.1 Å². The molecular weight excluding hydrogens is 346 g/mol. The highest BCUT2D eigenvalue weighted by molar-refractivity contribution is 9.10. The van der Waals surface area contributed by atoms with Gasteiger partial charge >= 0.3 is 5.97 Å². The van der Waals surface area contributed by atoms with Crippen molar-refractivity contribution in [1.82, 2.24) is 4.57 Å². The standard InChI is InChI=1S/C17H18BrNO3/c1-4-19-11(2)9-15(12(19)3)16(20)10-22-17(21)13-5-7-14(18)8-6-13/h5-9H,4,10H2,1-3H3. The average Bonchev–Trinajstić information content (AvgIpc) is 2.79. The summed E-state index contributed by atoms with van der Waals surface area (Å²) in [7, 11) is 0. The Kier molecular flexibility index (Phi) is 5.19. The van der Waals surface area contributed by atoms with E-state index in [4.69, 9.17) is 4.74 Å². The molecule has 5 heteroatoms. The third kappa shape index (κ3) is 3.47. The van der Waals surface area contributed by atoms with Gasteiger partial charge in [0.25, 0.3) is 0 Å². The first-order valence-corrected chi connectivity index (χ1v) is 7.86. The highest BCUT2D eigenvalue weighted by Crippen LogP contribution is 2.16. The number of carbonyl (C=O) groups is 2. The minimum Gasteiger partial charge on any atom is -0.454 e. The number of ketones is 1. The molecule has 0 aliphatic heterocycles. The highest BCUT2D eigenvalue weighted by atomic mass is 79.9. The Hall–Kier alpha value is -1.88. The molecule has 2 rings (SSSR count). The van der Waals surface area contributed by atoms with Crippen molar-refractivity contribution >= 4 is 27.7 Å². The lowest BCUT2D eigenvalue weighted by Gasteiger charge is -2.06. The number of benzene rings is 1. The first kappa shape index (κ1) is 16.5. The van der Waals surface area contributed by atoms with Crippen molar-refractivity contribution in [3.05, 3.63) is 57.3 Å². The van der Waals surface area contributed by atoms with Gasteiger partial charge in [0.05, 0.1) is 5.56 Å². The lowest BCUT2D eigenvalue weighted by atomic mass is 10.1. The van der Waals surface area contributed by atoms with Crippen LogP contribution in [0.3, 0.4) is 0 Å². The topological polar surface area (TPSA) is 48.3 Å². The minimum atomic E-state index is -0.495. The molecule has 0 aliphatic rings. The number of hydrogen-bond acceptors (Lipinski definition) is 3. The van der Waals surface area contributed by atoms with Gasteiger partial charge in [0.1, 0.15) is 0 Å². The Morgan fingerprint density at radius 2 is 1.82 bits per heavy atom. The Morgan fingerprint density at radius 3 is 2.36 bits per heavy atom. The molecule has 0 aliphatic carbocycles. The van der Waals surface area contributed by atoms with Gasteiger partial charge in [0.2, 0.25) is 5.78 Å². The van der Waals surface area contributed by atoms with E-state index in [2.05, 4.69) is 20.5 Å². The summed E-state index contributed by atoms with van der Waals surface area (Å²) < 4.78 is 8.05. The van der Waals surface area contributed by atoms with Crippen molar-refractivity contribution in [2.45, 2.75) is 27.3 Å². The summed E-state index contributed by atoms with van der Waals surface area (Å²) in [4.78, 5) is 24.1.